The largest absolute Gasteiger partial charge is 0.354 e. The highest BCUT2D eigenvalue weighted by atomic mass is 127. The van der Waals surface area contributed by atoms with Crippen molar-refractivity contribution in [2.45, 2.75) is 0 Å². The van der Waals surface area contributed by atoms with Crippen molar-refractivity contribution in [1.82, 2.24) is 15.0 Å². The highest BCUT2D eigenvalue weighted by Crippen LogP contribution is 2.12. The standard InChI is InChI=1S/C6H4IN3O/c7-3-1-8-5-4(3)9-2-10-6(5)11/h1-2,8H,(H,9,10,11). The van der Waals surface area contributed by atoms with Gasteiger partial charge in [-0.05, 0) is 22.6 Å². The number of hydrogen-bond donors (Lipinski definition) is 2. The summed E-state index contributed by atoms with van der Waals surface area (Å²) in [5.41, 5.74) is 1.14. The van der Waals surface area contributed by atoms with Crippen LogP contribution in [0.2, 0.25) is 0 Å². The fourth-order valence-corrected chi connectivity index (χ4v) is 1.48. The number of hydrogen-bond acceptors (Lipinski definition) is 2. The summed E-state index contributed by atoms with van der Waals surface area (Å²) in [6, 6.07) is 0. The highest BCUT2D eigenvalue weighted by molar-refractivity contribution is 14.1. The topological polar surface area (TPSA) is 61.5 Å². The van der Waals surface area contributed by atoms with Crippen molar-refractivity contribution >= 4 is 33.6 Å². The summed E-state index contributed by atoms with van der Waals surface area (Å²) in [5.74, 6) is 0. The van der Waals surface area contributed by atoms with Crippen LogP contribution in [-0.2, 0) is 0 Å². The number of rotatable bonds is 0. The smallest absolute Gasteiger partial charge is 0.275 e. The van der Waals surface area contributed by atoms with E-state index < -0.39 is 0 Å². The second-order valence-electron chi connectivity index (χ2n) is 2.09. The molecule has 11 heavy (non-hydrogen) atoms. The van der Waals surface area contributed by atoms with Crippen LogP contribution in [0.15, 0.2) is 17.3 Å². The average Bonchev–Trinajstić information content (AvgIpc) is 2.35. The second kappa shape index (κ2) is 2.33. The Kier molecular flexibility index (Phi) is 1.45. The number of nitrogens with zero attached hydrogens (tertiary/aromatic N) is 1. The first kappa shape index (κ1) is 6.84. The van der Waals surface area contributed by atoms with Gasteiger partial charge in [0, 0.05) is 6.20 Å². The van der Waals surface area contributed by atoms with E-state index in [2.05, 4.69) is 37.5 Å². The first-order valence-corrected chi connectivity index (χ1v) is 4.07. The van der Waals surface area contributed by atoms with Gasteiger partial charge >= 0.3 is 0 Å². The fourth-order valence-electron chi connectivity index (χ4n) is 0.919. The Bertz CT molecular complexity index is 444. The summed E-state index contributed by atoms with van der Waals surface area (Å²) in [7, 11) is 0. The van der Waals surface area contributed by atoms with E-state index in [9.17, 15) is 4.79 Å². The number of aromatic nitrogens is 3. The first-order chi connectivity index (χ1) is 5.29. The molecule has 2 rings (SSSR count). The fraction of sp³-hybridized carbons (Fsp3) is 0. The molecule has 0 radical (unpaired) electrons. The minimum Gasteiger partial charge on any atom is -0.354 e. The summed E-state index contributed by atoms with van der Waals surface area (Å²) in [4.78, 5) is 20.4. The molecule has 0 aliphatic heterocycles. The third-order valence-corrected chi connectivity index (χ3v) is 2.24. The Hall–Kier alpha value is -0.850. The average molecular weight is 261 g/mol. The maximum absolute atomic E-state index is 11.1. The Morgan fingerprint density at radius 3 is 3.00 bits per heavy atom. The van der Waals surface area contributed by atoms with Gasteiger partial charge in [0.25, 0.3) is 5.56 Å². The summed E-state index contributed by atoms with van der Waals surface area (Å²) in [5, 5.41) is 0. The summed E-state index contributed by atoms with van der Waals surface area (Å²) >= 11 is 2.12. The van der Waals surface area contributed by atoms with Crippen molar-refractivity contribution in [2.75, 3.05) is 0 Å². The van der Waals surface area contributed by atoms with Crippen LogP contribution in [0.1, 0.15) is 0 Å². The number of nitrogens with one attached hydrogen (secondary N) is 2. The van der Waals surface area contributed by atoms with Crippen molar-refractivity contribution < 1.29 is 0 Å². The lowest BCUT2D eigenvalue weighted by molar-refractivity contribution is 1.16. The Balaban J connectivity index is 3.06. The van der Waals surface area contributed by atoms with E-state index in [1.165, 1.54) is 6.33 Å². The predicted molar refractivity (Wildman–Crippen MR) is 49.4 cm³/mol. The van der Waals surface area contributed by atoms with Crippen molar-refractivity contribution in [3.63, 3.8) is 0 Å². The van der Waals surface area contributed by atoms with Crippen LogP contribution in [0.25, 0.3) is 11.0 Å². The minimum absolute atomic E-state index is 0.127. The van der Waals surface area contributed by atoms with Crippen LogP contribution in [-0.4, -0.2) is 15.0 Å². The molecule has 0 amide bonds. The molecular formula is C6H4IN3O. The van der Waals surface area contributed by atoms with Crippen LogP contribution >= 0.6 is 22.6 Å². The van der Waals surface area contributed by atoms with E-state index in [1.54, 1.807) is 6.20 Å². The van der Waals surface area contributed by atoms with Crippen molar-refractivity contribution in [3.8, 4) is 0 Å². The lowest BCUT2D eigenvalue weighted by Crippen LogP contribution is -2.05. The van der Waals surface area contributed by atoms with Gasteiger partial charge in [-0.1, -0.05) is 0 Å². The zero-order valence-corrected chi connectivity index (χ0v) is 7.55. The van der Waals surface area contributed by atoms with E-state index in [4.69, 9.17) is 0 Å². The monoisotopic (exact) mass is 261 g/mol. The van der Waals surface area contributed by atoms with Gasteiger partial charge in [-0.25, -0.2) is 4.98 Å². The van der Waals surface area contributed by atoms with Gasteiger partial charge < -0.3 is 9.97 Å². The van der Waals surface area contributed by atoms with E-state index in [0.29, 0.717) is 5.52 Å². The maximum Gasteiger partial charge on any atom is 0.275 e. The van der Waals surface area contributed by atoms with Crippen LogP contribution < -0.4 is 5.56 Å². The van der Waals surface area contributed by atoms with Crippen molar-refractivity contribution in [1.29, 1.82) is 0 Å². The molecular weight excluding hydrogens is 257 g/mol. The maximum atomic E-state index is 11.1. The zero-order chi connectivity index (χ0) is 7.84. The first-order valence-electron chi connectivity index (χ1n) is 2.99. The van der Waals surface area contributed by atoms with E-state index in [1.807, 2.05) is 0 Å². The van der Waals surface area contributed by atoms with Gasteiger partial charge in [-0.15, -0.1) is 0 Å². The Labute approximate surface area is 75.2 Å². The number of fused-ring (bicyclic) bond motifs is 1. The normalized spacial score (nSPS) is 10.6. The van der Waals surface area contributed by atoms with E-state index >= 15 is 0 Å². The highest BCUT2D eigenvalue weighted by Gasteiger charge is 2.03. The molecule has 2 aromatic heterocycles. The van der Waals surface area contributed by atoms with Crippen LogP contribution in [0, 0.1) is 3.57 Å². The SMILES string of the molecule is O=c1[nH]cnc2c(I)c[nH]c12. The van der Waals surface area contributed by atoms with Gasteiger partial charge in [0.1, 0.15) is 11.0 Å². The molecule has 0 aromatic carbocycles. The third kappa shape index (κ3) is 0.953. The Morgan fingerprint density at radius 1 is 1.45 bits per heavy atom. The molecule has 2 aromatic rings. The number of halogens is 1. The van der Waals surface area contributed by atoms with Gasteiger partial charge in [0.15, 0.2) is 0 Å². The zero-order valence-electron chi connectivity index (χ0n) is 5.39. The van der Waals surface area contributed by atoms with E-state index in [-0.39, 0.29) is 5.56 Å². The molecule has 0 aliphatic rings. The summed E-state index contributed by atoms with van der Waals surface area (Å²) < 4.78 is 0.962. The molecule has 0 fully saturated rings. The van der Waals surface area contributed by atoms with E-state index in [0.717, 1.165) is 9.09 Å². The quantitative estimate of drug-likeness (QED) is 0.691. The van der Waals surface area contributed by atoms with Crippen molar-refractivity contribution in [3.05, 3.63) is 26.4 Å². The molecule has 2 N–H and O–H groups in total. The molecule has 0 saturated carbocycles. The van der Waals surface area contributed by atoms with Gasteiger partial charge in [0.05, 0.1) is 9.90 Å². The molecule has 56 valence electrons. The lowest BCUT2D eigenvalue weighted by Gasteiger charge is -1.85. The van der Waals surface area contributed by atoms with Crippen LogP contribution in [0.4, 0.5) is 0 Å². The second-order valence-corrected chi connectivity index (χ2v) is 3.25. The Morgan fingerprint density at radius 2 is 2.27 bits per heavy atom. The van der Waals surface area contributed by atoms with Crippen molar-refractivity contribution in [2.24, 2.45) is 0 Å². The molecule has 0 bridgehead atoms. The molecule has 0 saturated heterocycles. The third-order valence-electron chi connectivity index (χ3n) is 1.42. The molecule has 4 nitrogen and oxygen atoms in total. The molecule has 0 spiro atoms. The lowest BCUT2D eigenvalue weighted by atomic mass is 10.5. The summed E-state index contributed by atoms with van der Waals surface area (Å²) in [6.45, 7) is 0. The minimum atomic E-state index is -0.127. The molecule has 0 atom stereocenters. The van der Waals surface area contributed by atoms with Crippen LogP contribution in [0.5, 0.6) is 0 Å². The van der Waals surface area contributed by atoms with Gasteiger partial charge in [-0.3, -0.25) is 4.79 Å². The molecule has 0 aliphatic carbocycles. The molecule has 5 heteroatoms. The molecule has 0 unspecified atom stereocenters. The number of H-pyrrole nitrogens is 2. The molecule has 2 heterocycles. The van der Waals surface area contributed by atoms with Gasteiger partial charge in [-0.2, -0.15) is 0 Å². The van der Waals surface area contributed by atoms with Gasteiger partial charge in [0.2, 0.25) is 0 Å². The van der Waals surface area contributed by atoms with Crippen LogP contribution in [0.3, 0.4) is 0 Å². The number of aromatic amines is 2. The predicted octanol–water partition coefficient (Wildman–Crippen LogP) is 0.856. The summed E-state index contributed by atoms with van der Waals surface area (Å²) in [6.07, 6.45) is 3.16.